The second-order valence-electron chi connectivity index (χ2n) is 4.69. The number of carbonyl (C=O) groups is 1. The average molecular weight is 317 g/mol. The minimum Gasteiger partial charge on any atom is -0.461 e. The van der Waals surface area contributed by atoms with Gasteiger partial charge < -0.3 is 14.3 Å². The van der Waals surface area contributed by atoms with E-state index in [1.807, 2.05) is 24.3 Å². The summed E-state index contributed by atoms with van der Waals surface area (Å²) in [4.78, 5) is 12.0. The summed E-state index contributed by atoms with van der Waals surface area (Å²) in [5.41, 5.74) is 1.32. The molecule has 1 N–H and O–H groups in total. The van der Waals surface area contributed by atoms with Gasteiger partial charge >= 0.3 is 0 Å². The first-order valence-corrected chi connectivity index (χ1v) is 7.13. The number of halogens is 1. The van der Waals surface area contributed by atoms with Gasteiger partial charge in [0, 0.05) is 17.6 Å². The van der Waals surface area contributed by atoms with Gasteiger partial charge in [0.2, 0.25) is 5.76 Å². The summed E-state index contributed by atoms with van der Waals surface area (Å²) in [5, 5.41) is 7.24. The quantitative estimate of drug-likeness (QED) is 0.781. The van der Waals surface area contributed by atoms with Crippen molar-refractivity contribution in [2.24, 2.45) is 0 Å². The third-order valence-electron chi connectivity index (χ3n) is 3.12. The van der Waals surface area contributed by atoms with Gasteiger partial charge in [0.25, 0.3) is 5.91 Å². The molecule has 2 aromatic heterocycles. The normalized spacial score (nSPS) is 10.6. The molecule has 1 amide bonds. The van der Waals surface area contributed by atoms with Crippen LogP contribution in [0.25, 0.3) is 11.5 Å². The van der Waals surface area contributed by atoms with E-state index in [-0.39, 0.29) is 11.6 Å². The molecule has 0 aliphatic rings. The van der Waals surface area contributed by atoms with Crippen LogP contribution in [-0.2, 0) is 6.42 Å². The lowest BCUT2D eigenvalue weighted by Gasteiger charge is -2.03. The lowest BCUT2D eigenvalue weighted by atomic mass is 10.1. The molecular weight excluding hydrogens is 304 g/mol. The summed E-state index contributed by atoms with van der Waals surface area (Å²) in [6.07, 6.45) is 2.25. The highest BCUT2D eigenvalue weighted by molar-refractivity contribution is 6.30. The summed E-state index contributed by atoms with van der Waals surface area (Å²) in [6.45, 7) is 0.503. The number of hydrogen-bond acceptors (Lipinski definition) is 4. The SMILES string of the molecule is O=C(NCCc1ccc(Cl)cc1)c1cc(-c2ccco2)on1. The molecule has 0 aliphatic carbocycles. The molecule has 0 bridgehead atoms. The predicted octanol–water partition coefficient (Wildman–Crippen LogP) is 3.56. The van der Waals surface area contributed by atoms with Crippen molar-refractivity contribution < 1.29 is 13.7 Å². The van der Waals surface area contributed by atoms with E-state index in [0.29, 0.717) is 29.5 Å². The van der Waals surface area contributed by atoms with Crippen molar-refractivity contribution in [3.8, 4) is 11.5 Å². The number of nitrogens with zero attached hydrogens (tertiary/aromatic N) is 1. The van der Waals surface area contributed by atoms with E-state index < -0.39 is 0 Å². The van der Waals surface area contributed by atoms with E-state index in [4.69, 9.17) is 20.5 Å². The van der Waals surface area contributed by atoms with Gasteiger partial charge in [-0.3, -0.25) is 4.79 Å². The van der Waals surface area contributed by atoms with E-state index in [0.717, 1.165) is 5.56 Å². The fourth-order valence-electron chi connectivity index (χ4n) is 1.98. The number of benzene rings is 1. The average Bonchev–Trinajstić information content (AvgIpc) is 3.20. The van der Waals surface area contributed by atoms with Crippen LogP contribution in [-0.4, -0.2) is 17.6 Å². The maximum atomic E-state index is 12.0. The van der Waals surface area contributed by atoms with Crippen molar-refractivity contribution in [3.63, 3.8) is 0 Å². The van der Waals surface area contributed by atoms with Crippen LogP contribution in [0.3, 0.4) is 0 Å². The van der Waals surface area contributed by atoms with Crippen molar-refractivity contribution in [3.05, 3.63) is 65.0 Å². The Morgan fingerprint density at radius 2 is 2.00 bits per heavy atom. The van der Waals surface area contributed by atoms with Gasteiger partial charge in [0.15, 0.2) is 11.5 Å². The maximum absolute atomic E-state index is 12.0. The zero-order valence-electron chi connectivity index (χ0n) is 11.6. The summed E-state index contributed by atoms with van der Waals surface area (Å²) in [5.74, 6) is 0.677. The highest BCUT2D eigenvalue weighted by atomic mass is 35.5. The molecule has 2 heterocycles. The summed E-state index contributed by atoms with van der Waals surface area (Å²) in [6, 6.07) is 12.5. The van der Waals surface area contributed by atoms with Crippen LogP contribution in [0, 0.1) is 0 Å². The Balaban J connectivity index is 1.55. The molecule has 3 rings (SSSR count). The van der Waals surface area contributed by atoms with Gasteiger partial charge in [-0.1, -0.05) is 28.9 Å². The smallest absolute Gasteiger partial charge is 0.273 e. The Bertz CT molecular complexity index is 748. The van der Waals surface area contributed by atoms with Gasteiger partial charge in [-0.15, -0.1) is 0 Å². The Morgan fingerprint density at radius 1 is 1.18 bits per heavy atom. The first kappa shape index (κ1) is 14.4. The zero-order valence-corrected chi connectivity index (χ0v) is 12.3. The van der Waals surface area contributed by atoms with Crippen LogP contribution < -0.4 is 5.32 Å². The number of rotatable bonds is 5. The zero-order chi connectivity index (χ0) is 15.4. The van der Waals surface area contributed by atoms with Gasteiger partial charge in [0.1, 0.15) is 0 Å². The van der Waals surface area contributed by atoms with Crippen LogP contribution >= 0.6 is 11.6 Å². The van der Waals surface area contributed by atoms with Crippen LogP contribution in [0.1, 0.15) is 16.1 Å². The number of hydrogen-bond donors (Lipinski definition) is 1. The van der Waals surface area contributed by atoms with Crippen LogP contribution in [0.2, 0.25) is 5.02 Å². The standard InChI is InChI=1S/C16H13ClN2O3/c17-12-5-3-11(4-6-12)7-8-18-16(20)13-10-15(22-19-13)14-2-1-9-21-14/h1-6,9-10H,7-8H2,(H,18,20). The molecule has 5 nitrogen and oxygen atoms in total. The Labute approximate surface area is 131 Å². The first-order valence-electron chi connectivity index (χ1n) is 6.75. The van der Waals surface area contributed by atoms with E-state index in [1.165, 1.54) is 6.26 Å². The van der Waals surface area contributed by atoms with Crippen LogP contribution in [0.15, 0.2) is 57.7 Å². The second-order valence-corrected chi connectivity index (χ2v) is 5.12. The molecule has 0 saturated carbocycles. The molecule has 0 saturated heterocycles. The third-order valence-corrected chi connectivity index (χ3v) is 3.37. The second kappa shape index (κ2) is 6.49. The highest BCUT2D eigenvalue weighted by Crippen LogP contribution is 2.20. The predicted molar refractivity (Wildman–Crippen MR) is 81.7 cm³/mol. The van der Waals surface area contributed by atoms with E-state index in [9.17, 15) is 4.79 Å². The molecule has 0 atom stereocenters. The Hall–Kier alpha value is -2.53. The highest BCUT2D eigenvalue weighted by Gasteiger charge is 2.14. The minimum atomic E-state index is -0.282. The molecule has 112 valence electrons. The molecule has 0 unspecified atom stereocenters. The number of furan rings is 1. The molecule has 3 aromatic rings. The van der Waals surface area contributed by atoms with Gasteiger partial charge in [-0.2, -0.15) is 0 Å². The topological polar surface area (TPSA) is 68.3 Å². The summed E-state index contributed by atoms with van der Waals surface area (Å²) < 4.78 is 10.3. The lowest BCUT2D eigenvalue weighted by molar-refractivity contribution is 0.0945. The molecule has 0 radical (unpaired) electrons. The van der Waals surface area contributed by atoms with E-state index >= 15 is 0 Å². The Morgan fingerprint density at radius 3 is 2.73 bits per heavy atom. The van der Waals surface area contributed by atoms with Crippen molar-refractivity contribution >= 4 is 17.5 Å². The fraction of sp³-hybridized carbons (Fsp3) is 0.125. The largest absolute Gasteiger partial charge is 0.461 e. The van der Waals surface area contributed by atoms with Gasteiger partial charge in [0.05, 0.1) is 6.26 Å². The lowest BCUT2D eigenvalue weighted by Crippen LogP contribution is -2.25. The number of nitrogens with one attached hydrogen (secondary N) is 1. The first-order chi connectivity index (χ1) is 10.7. The molecule has 22 heavy (non-hydrogen) atoms. The third kappa shape index (κ3) is 3.38. The van der Waals surface area contributed by atoms with Crippen LogP contribution in [0.5, 0.6) is 0 Å². The minimum absolute atomic E-state index is 0.225. The fourth-order valence-corrected chi connectivity index (χ4v) is 2.11. The molecule has 6 heteroatoms. The van der Waals surface area contributed by atoms with Crippen molar-refractivity contribution in [2.75, 3.05) is 6.54 Å². The maximum Gasteiger partial charge on any atom is 0.273 e. The Kier molecular flexibility index (Phi) is 4.25. The van der Waals surface area contributed by atoms with Crippen LogP contribution in [0.4, 0.5) is 0 Å². The number of carbonyl (C=O) groups excluding carboxylic acids is 1. The molecule has 0 fully saturated rings. The molecule has 1 aromatic carbocycles. The molecular formula is C16H13ClN2O3. The summed E-state index contributed by atoms with van der Waals surface area (Å²) in [7, 11) is 0. The molecule has 0 spiro atoms. The van der Waals surface area contributed by atoms with Gasteiger partial charge in [-0.25, -0.2) is 0 Å². The van der Waals surface area contributed by atoms with Crippen molar-refractivity contribution in [1.82, 2.24) is 10.5 Å². The van der Waals surface area contributed by atoms with E-state index in [2.05, 4.69) is 10.5 Å². The van der Waals surface area contributed by atoms with Crippen molar-refractivity contribution in [1.29, 1.82) is 0 Å². The number of aromatic nitrogens is 1. The van der Waals surface area contributed by atoms with E-state index in [1.54, 1.807) is 18.2 Å². The van der Waals surface area contributed by atoms with Gasteiger partial charge in [-0.05, 0) is 36.2 Å². The monoisotopic (exact) mass is 316 g/mol. The number of amides is 1. The molecule has 0 aliphatic heterocycles. The van der Waals surface area contributed by atoms with Crippen molar-refractivity contribution in [2.45, 2.75) is 6.42 Å². The summed E-state index contributed by atoms with van der Waals surface area (Å²) >= 11 is 5.82.